The molecule has 1 unspecified atom stereocenters. The van der Waals surface area contributed by atoms with Crippen molar-refractivity contribution in [2.45, 2.75) is 52.1 Å². The summed E-state index contributed by atoms with van der Waals surface area (Å²) in [5, 5.41) is 8.39. The number of anilines is 1. The molecule has 11 heteroatoms. The molecule has 0 radical (unpaired) electrons. The fraction of sp³-hybridized carbons (Fsp3) is 0.476. The quantitative estimate of drug-likeness (QED) is 0.363. The molecule has 0 aliphatic heterocycles. The minimum atomic E-state index is -2.15. The third kappa shape index (κ3) is 8.21. The van der Waals surface area contributed by atoms with Crippen molar-refractivity contribution < 1.29 is 23.1 Å². The number of carbonyl (C=O) groups excluding carboxylic acids is 2. The number of carbonyl (C=O) groups is 2. The van der Waals surface area contributed by atoms with E-state index >= 15 is 0 Å². The molecule has 2 aromatic rings. The molecule has 1 aromatic carbocycles. The number of aromatic nitrogens is 1. The van der Waals surface area contributed by atoms with Crippen LogP contribution in [-0.2, 0) is 33.6 Å². The van der Waals surface area contributed by atoms with E-state index in [1.807, 2.05) is 38.3 Å². The summed E-state index contributed by atoms with van der Waals surface area (Å²) in [5.41, 5.74) is 2.37. The van der Waals surface area contributed by atoms with Gasteiger partial charge in [-0.15, -0.1) is 11.3 Å². The molecular weight excluding hydrogens is 452 g/mol. The van der Waals surface area contributed by atoms with E-state index < -0.39 is 29.4 Å². The Balaban J connectivity index is 2.23. The van der Waals surface area contributed by atoms with Crippen LogP contribution >= 0.6 is 11.3 Å². The van der Waals surface area contributed by atoms with Gasteiger partial charge in [0.15, 0.2) is 0 Å². The number of nitrogens with zero attached hydrogens (tertiary/aromatic N) is 1. The Hall–Kier alpha value is -2.50. The summed E-state index contributed by atoms with van der Waals surface area (Å²) in [5.74, 6) is -0.124. The summed E-state index contributed by atoms with van der Waals surface area (Å²) in [4.78, 5) is 29.5. The first-order chi connectivity index (χ1) is 15.2. The molecule has 3 atom stereocenters. The SMILES string of the molecule is CCc1csc([C@H](Cc2ccc(NS(=O)O)cc2)NC(=O)[C@H](CC(C)C)NC(=O)OC)n1. The summed E-state index contributed by atoms with van der Waals surface area (Å²) >= 11 is -0.671. The molecule has 0 bridgehead atoms. The van der Waals surface area contributed by atoms with Crippen LogP contribution in [0.5, 0.6) is 0 Å². The lowest BCUT2D eigenvalue weighted by Gasteiger charge is -2.23. The van der Waals surface area contributed by atoms with E-state index in [-0.39, 0.29) is 11.8 Å². The van der Waals surface area contributed by atoms with Gasteiger partial charge in [0.05, 0.1) is 18.8 Å². The molecule has 0 saturated heterocycles. The van der Waals surface area contributed by atoms with Crippen molar-refractivity contribution in [2.75, 3.05) is 11.8 Å². The molecule has 1 heterocycles. The fourth-order valence-corrected chi connectivity index (χ4v) is 4.36. The normalized spacial score (nSPS) is 13.8. The van der Waals surface area contributed by atoms with Crippen molar-refractivity contribution in [3.8, 4) is 0 Å². The van der Waals surface area contributed by atoms with E-state index in [9.17, 15) is 13.8 Å². The van der Waals surface area contributed by atoms with Gasteiger partial charge in [-0.3, -0.25) is 14.1 Å². The number of benzene rings is 1. The van der Waals surface area contributed by atoms with Gasteiger partial charge in [-0.2, -0.15) is 0 Å². The van der Waals surface area contributed by atoms with Crippen molar-refractivity contribution in [3.05, 3.63) is 45.9 Å². The third-order valence-corrected chi connectivity index (χ3v) is 6.06. The molecular formula is C21H30N4O5S2. The Labute approximate surface area is 194 Å². The first-order valence-corrected chi connectivity index (χ1v) is 12.3. The lowest BCUT2D eigenvalue weighted by atomic mass is 10.0. The van der Waals surface area contributed by atoms with Crippen LogP contribution in [0.3, 0.4) is 0 Å². The van der Waals surface area contributed by atoms with Gasteiger partial charge in [-0.05, 0) is 42.9 Å². The van der Waals surface area contributed by atoms with E-state index in [1.54, 1.807) is 12.1 Å². The lowest BCUT2D eigenvalue weighted by molar-refractivity contribution is -0.124. The van der Waals surface area contributed by atoms with Crippen LogP contribution in [0.1, 0.15) is 49.5 Å². The Kier molecular flexibility index (Phi) is 10.1. The number of hydrogen-bond acceptors (Lipinski definition) is 6. The first-order valence-electron chi connectivity index (χ1n) is 10.3. The van der Waals surface area contributed by atoms with E-state index in [0.29, 0.717) is 18.5 Å². The van der Waals surface area contributed by atoms with Crippen molar-refractivity contribution in [2.24, 2.45) is 5.92 Å². The number of rotatable bonds is 11. The summed E-state index contributed by atoms with van der Waals surface area (Å²) in [6, 6.07) is 5.90. The number of hydrogen-bond donors (Lipinski definition) is 4. The second-order valence-corrected chi connectivity index (χ2v) is 9.25. The molecule has 0 saturated carbocycles. The number of aryl methyl sites for hydroxylation is 1. The highest BCUT2D eigenvalue weighted by molar-refractivity contribution is 7.80. The second-order valence-electron chi connectivity index (χ2n) is 7.66. The van der Waals surface area contributed by atoms with Crippen LogP contribution in [0.25, 0.3) is 0 Å². The Bertz CT molecular complexity index is 917. The van der Waals surface area contributed by atoms with Gasteiger partial charge in [-0.25, -0.2) is 14.0 Å². The number of alkyl carbamates (subject to hydrolysis) is 1. The largest absolute Gasteiger partial charge is 0.453 e. The van der Waals surface area contributed by atoms with Crippen LogP contribution in [0.15, 0.2) is 29.6 Å². The predicted octanol–water partition coefficient (Wildman–Crippen LogP) is 3.42. The smallest absolute Gasteiger partial charge is 0.407 e. The van der Waals surface area contributed by atoms with Gasteiger partial charge in [0.1, 0.15) is 11.0 Å². The van der Waals surface area contributed by atoms with Crippen LogP contribution in [0.4, 0.5) is 10.5 Å². The molecule has 9 nitrogen and oxygen atoms in total. The molecule has 0 fully saturated rings. The maximum absolute atomic E-state index is 13.1. The van der Waals surface area contributed by atoms with Gasteiger partial charge in [0.25, 0.3) is 11.3 Å². The number of thiazole rings is 1. The maximum atomic E-state index is 13.1. The van der Waals surface area contributed by atoms with Gasteiger partial charge >= 0.3 is 6.09 Å². The highest BCUT2D eigenvalue weighted by Crippen LogP contribution is 2.24. The zero-order valence-electron chi connectivity index (χ0n) is 18.6. The number of amides is 2. The lowest BCUT2D eigenvalue weighted by Crippen LogP contribution is -2.48. The fourth-order valence-electron chi connectivity index (χ4n) is 3.07. The van der Waals surface area contributed by atoms with E-state index in [4.69, 9.17) is 4.55 Å². The second kappa shape index (κ2) is 12.5. The molecule has 176 valence electrons. The Morgan fingerprint density at radius 2 is 1.91 bits per heavy atom. The monoisotopic (exact) mass is 482 g/mol. The van der Waals surface area contributed by atoms with Crippen LogP contribution in [0.2, 0.25) is 0 Å². The zero-order chi connectivity index (χ0) is 23.7. The number of ether oxygens (including phenoxy) is 1. The summed E-state index contributed by atoms with van der Waals surface area (Å²) in [6.45, 7) is 5.96. The third-order valence-electron chi connectivity index (χ3n) is 4.65. The molecule has 2 rings (SSSR count). The average Bonchev–Trinajstić information content (AvgIpc) is 3.22. The number of nitrogens with one attached hydrogen (secondary N) is 3. The van der Waals surface area contributed by atoms with Crippen molar-refractivity contribution in [1.82, 2.24) is 15.6 Å². The Morgan fingerprint density at radius 1 is 1.22 bits per heavy atom. The van der Waals surface area contributed by atoms with Crippen molar-refractivity contribution >= 4 is 40.3 Å². The van der Waals surface area contributed by atoms with Crippen LogP contribution in [-0.4, -0.2) is 38.9 Å². The van der Waals surface area contributed by atoms with Crippen molar-refractivity contribution in [3.63, 3.8) is 0 Å². The van der Waals surface area contributed by atoms with Gasteiger partial charge in [0, 0.05) is 11.1 Å². The predicted molar refractivity (Wildman–Crippen MR) is 126 cm³/mol. The molecule has 0 spiro atoms. The summed E-state index contributed by atoms with van der Waals surface area (Å²) in [7, 11) is 1.26. The molecule has 4 N–H and O–H groups in total. The molecule has 0 aliphatic rings. The van der Waals surface area contributed by atoms with Gasteiger partial charge in [0.2, 0.25) is 5.91 Å². The van der Waals surface area contributed by atoms with Gasteiger partial charge in [-0.1, -0.05) is 32.9 Å². The standard InChI is InChI=1S/C21H30N4O5S2/c1-5-15-12-31-20(22-15)18(11-14-6-8-16(9-7-14)25-32(28)29)23-19(26)17(10-13(2)3)24-21(27)30-4/h6-9,12-13,17-18,25H,5,10-11H2,1-4H3,(H,23,26)(H,24,27)(H,28,29)/t17-,18-/m0/s1. The first kappa shape index (κ1) is 25.8. The van der Waals surface area contributed by atoms with Gasteiger partial charge < -0.3 is 15.4 Å². The topological polar surface area (TPSA) is 130 Å². The Morgan fingerprint density at radius 3 is 2.44 bits per heavy atom. The van der Waals surface area contributed by atoms with Crippen molar-refractivity contribution in [1.29, 1.82) is 0 Å². The van der Waals surface area contributed by atoms with Crippen LogP contribution in [0, 0.1) is 5.92 Å². The minimum absolute atomic E-state index is 0.185. The highest BCUT2D eigenvalue weighted by atomic mass is 32.2. The zero-order valence-corrected chi connectivity index (χ0v) is 20.2. The highest BCUT2D eigenvalue weighted by Gasteiger charge is 2.26. The molecule has 2 amide bonds. The van der Waals surface area contributed by atoms with E-state index in [2.05, 4.69) is 25.1 Å². The van der Waals surface area contributed by atoms with E-state index in [0.717, 1.165) is 22.7 Å². The summed E-state index contributed by atoms with van der Waals surface area (Å²) in [6.07, 6.45) is 1.06. The summed E-state index contributed by atoms with van der Waals surface area (Å²) < 4.78 is 27.0. The minimum Gasteiger partial charge on any atom is -0.453 e. The molecule has 0 aliphatic carbocycles. The number of methoxy groups -OCH3 is 1. The van der Waals surface area contributed by atoms with Crippen LogP contribution < -0.4 is 15.4 Å². The average molecular weight is 483 g/mol. The van der Waals surface area contributed by atoms with E-state index in [1.165, 1.54) is 18.4 Å². The molecule has 1 aromatic heterocycles. The molecule has 32 heavy (non-hydrogen) atoms. The maximum Gasteiger partial charge on any atom is 0.407 e.